The molecule has 0 aromatic rings. The number of esters is 1. The number of likely N-dealkylation sites (tertiary alicyclic amines) is 1. The Morgan fingerprint density at radius 1 is 1.56 bits per heavy atom. The van der Waals surface area contributed by atoms with Gasteiger partial charge in [-0.25, -0.2) is 4.79 Å². The highest BCUT2D eigenvalue weighted by Crippen LogP contribution is 2.19. The first-order valence-corrected chi connectivity index (χ1v) is 6.43. The van der Waals surface area contributed by atoms with E-state index in [2.05, 4.69) is 0 Å². The molecule has 2 heterocycles. The molecule has 0 aromatic heterocycles. The van der Waals surface area contributed by atoms with Gasteiger partial charge in [0, 0.05) is 25.1 Å². The first-order valence-electron chi connectivity index (χ1n) is 6.43. The first kappa shape index (κ1) is 13.1. The number of rotatable bonds is 5. The van der Waals surface area contributed by atoms with E-state index in [-0.39, 0.29) is 11.9 Å². The van der Waals surface area contributed by atoms with E-state index in [0.717, 1.165) is 19.4 Å². The second kappa shape index (κ2) is 5.52. The van der Waals surface area contributed by atoms with Crippen LogP contribution in [0.15, 0.2) is 11.6 Å². The molecule has 0 spiro atoms. The molecule has 18 heavy (non-hydrogen) atoms. The number of cyclic esters (lactones) is 1. The monoisotopic (exact) mass is 253 g/mol. The fourth-order valence-electron chi connectivity index (χ4n) is 2.35. The van der Waals surface area contributed by atoms with Gasteiger partial charge in [0.25, 0.3) is 0 Å². The summed E-state index contributed by atoms with van der Waals surface area (Å²) in [5.74, 6) is -0.152. The van der Waals surface area contributed by atoms with E-state index in [1.54, 1.807) is 13.0 Å². The predicted molar refractivity (Wildman–Crippen MR) is 64.7 cm³/mol. The van der Waals surface area contributed by atoms with Crippen molar-refractivity contribution in [2.75, 3.05) is 13.1 Å². The molecule has 2 atom stereocenters. The van der Waals surface area contributed by atoms with Gasteiger partial charge >= 0.3 is 5.97 Å². The van der Waals surface area contributed by atoms with E-state index in [1.807, 2.05) is 4.90 Å². The van der Waals surface area contributed by atoms with Crippen molar-refractivity contribution in [2.24, 2.45) is 0 Å². The number of hydrogen-bond acceptors (Lipinski definition) is 4. The summed E-state index contributed by atoms with van der Waals surface area (Å²) in [6.07, 6.45) is 3.30. The lowest BCUT2D eigenvalue weighted by Gasteiger charge is -2.19. The molecule has 1 fully saturated rings. The topological polar surface area (TPSA) is 66.8 Å². The maximum absolute atomic E-state index is 11.4. The Morgan fingerprint density at radius 3 is 2.89 bits per heavy atom. The summed E-state index contributed by atoms with van der Waals surface area (Å²) in [4.78, 5) is 24.4. The van der Waals surface area contributed by atoms with Gasteiger partial charge in [0.1, 0.15) is 6.10 Å². The van der Waals surface area contributed by atoms with Crippen molar-refractivity contribution in [3.8, 4) is 0 Å². The van der Waals surface area contributed by atoms with E-state index in [4.69, 9.17) is 4.74 Å². The smallest absolute Gasteiger partial charge is 0.334 e. The normalized spacial score (nSPS) is 25.3. The number of carbonyl (C=O) groups is 2. The van der Waals surface area contributed by atoms with Gasteiger partial charge in [0.15, 0.2) is 0 Å². The van der Waals surface area contributed by atoms with Crippen molar-refractivity contribution >= 4 is 11.9 Å². The average Bonchev–Trinajstić information content (AvgIpc) is 2.87. The van der Waals surface area contributed by atoms with Crippen molar-refractivity contribution < 1.29 is 19.4 Å². The van der Waals surface area contributed by atoms with Crippen LogP contribution in [0.5, 0.6) is 0 Å². The van der Waals surface area contributed by atoms with Gasteiger partial charge in [-0.05, 0) is 32.3 Å². The van der Waals surface area contributed by atoms with Gasteiger partial charge in [0.2, 0.25) is 5.91 Å². The van der Waals surface area contributed by atoms with Crippen molar-refractivity contribution in [1.82, 2.24) is 4.90 Å². The van der Waals surface area contributed by atoms with Gasteiger partial charge in [-0.3, -0.25) is 4.79 Å². The molecule has 0 bridgehead atoms. The fourth-order valence-corrected chi connectivity index (χ4v) is 2.35. The lowest BCUT2D eigenvalue weighted by molar-refractivity contribution is -0.143. The van der Waals surface area contributed by atoms with Crippen LogP contribution in [0.1, 0.15) is 32.6 Å². The van der Waals surface area contributed by atoms with Crippen LogP contribution in [0.4, 0.5) is 0 Å². The molecule has 1 saturated heterocycles. The molecule has 2 rings (SSSR count). The second-order valence-corrected chi connectivity index (χ2v) is 4.91. The predicted octanol–water partition coefficient (Wildman–Crippen LogP) is 0.622. The van der Waals surface area contributed by atoms with Crippen LogP contribution in [0.25, 0.3) is 0 Å². The molecule has 2 aliphatic heterocycles. The summed E-state index contributed by atoms with van der Waals surface area (Å²) in [5.41, 5.74) is 0.550. The van der Waals surface area contributed by atoms with Gasteiger partial charge in [-0.1, -0.05) is 0 Å². The highest BCUT2D eigenvalue weighted by atomic mass is 16.6. The van der Waals surface area contributed by atoms with Gasteiger partial charge < -0.3 is 14.7 Å². The number of carbonyl (C=O) groups excluding carboxylic acids is 2. The van der Waals surface area contributed by atoms with Gasteiger partial charge in [-0.2, -0.15) is 0 Å². The fraction of sp³-hybridized carbons (Fsp3) is 0.692. The van der Waals surface area contributed by atoms with Crippen LogP contribution in [0.2, 0.25) is 0 Å². The van der Waals surface area contributed by atoms with Crippen LogP contribution in [0, 0.1) is 0 Å². The zero-order chi connectivity index (χ0) is 13.1. The Hall–Kier alpha value is -1.36. The van der Waals surface area contributed by atoms with Crippen molar-refractivity contribution in [2.45, 2.75) is 44.8 Å². The summed E-state index contributed by atoms with van der Waals surface area (Å²) in [6, 6.07) is 0. The van der Waals surface area contributed by atoms with E-state index in [9.17, 15) is 14.7 Å². The van der Waals surface area contributed by atoms with E-state index >= 15 is 0 Å². The Morgan fingerprint density at radius 2 is 2.33 bits per heavy atom. The third kappa shape index (κ3) is 2.90. The standard InChI is InChI=1S/C13H19NO4/c1-9-8-11(18-13(9)17)10(15)4-2-6-14-7-3-5-12(14)16/h8,10-11,15H,2-7H2,1H3/t10-,11+/m0/s1. The van der Waals surface area contributed by atoms with E-state index < -0.39 is 12.2 Å². The van der Waals surface area contributed by atoms with Gasteiger partial charge in [-0.15, -0.1) is 0 Å². The lowest BCUT2D eigenvalue weighted by Crippen LogP contribution is -2.29. The van der Waals surface area contributed by atoms with Crippen molar-refractivity contribution in [3.05, 3.63) is 11.6 Å². The maximum Gasteiger partial charge on any atom is 0.334 e. The average molecular weight is 253 g/mol. The molecule has 0 unspecified atom stereocenters. The molecule has 100 valence electrons. The molecular weight excluding hydrogens is 234 g/mol. The van der Waals surface area contributed by atoms with Crippen molar-refractivity contribution in [3.63, 3.8) is 0 Å². The lowest BCUT2D eigenvalue weighted by atomic mass is 10.1. The highest BCUT2D eigenvalue weighted by Gasteiger charge is 2.28. The zero-order valence-electron chi connectivity index (χ0n) is 10.6. The Kier molecular flexibility index (Phi) is 4.01. The van der Waals surface area contributed by atoms with E-state index in [0.29, 0.717) is 25.0 Å². The zero-order valence-corrected chi connectivity index (χ0v) is 10.6. The van der Waals surface area contributed by atoms with Crippen LogP contribution in [-0.4, -0.2) is 47.2 Å². The van der Waals surface area contributed by atoms with Crippen LogP contribution in [-0.2, 0) is 14.3 Å². The number of ether oxygens (including phenoxy) is 1. The Labute approximate surface area is 106 Å². The number of aliphatic hydroxyl groups excluding tert-OH is 1. The SMILES string of the molecule is CC1=C[C@H]([C@@H](O)CCCN2CCCC2=O)OC1=O. The molecule has 1 N–H and O–H groups in total. The van der Waals surface area contributed by atoms with Gasteiger partial charge in [0.05, 0.1) is 6.10 Å². The molecule has 2 aliphatic rings. The van der Waals surface area contributed by atoms with Crippen LogP contribution >= 0.6 is 0 Å². The minimum absolute atomic E-state index is 0.201. The summed E-state index contributed by atoms with van der Waals surface area (Å²) in [7, 11) is 0. The Bertz CT molecular complexity index is 377. The Balaban J connectivity index is 1.71. The van der Waals surface area contributed by atoms with E-state index in [1.165, 1.54) is 0 Å². The molecular formula is C13H19NO4. The number of aliphatic hydroxyl groups is 1. The summed E-state index contributed by atoms with van der Waals surface area (Å²) < 4.78 is 5.02. The number of hydrogen-bond donors (Lipinski definition) is 1. The maximum atomic E-state index is 11.4. The summed E-state index contributed by atoms with van der Waals surface area (Å²) in [6.45, 7) is 3.18. The molecule has 1 amide bonds. The minimum Gasteiger partial charge on any atom is -0.452 e. The molecule has 0 aliphatic carbocycles. The number of nitrogens with zero attached hydrogens (tertiary/aromatic N) is 1. The molecule has 5 nitrogen and oxygen atoms in total. The van der Waals surface area contributed by atoms with Crippen LogP contribution in [0.3, 0.4) is 0 Å². The van der Waals surface area contributed by atoms with Crippen LogP contribution < -0.4 is 0 Å². The summed E-state index contributed by atoms with van der Waals surface area (Å²) in [5, 5.41) is 9.90. The minimum atomic E-state index is -0.677. The second-order valence-electron chi connectivity index (χ2n) is 4.91. The summed E-state index contributed by atoms with van der Waals surface area (Å²) >= 11 is 0. The number of amides is 1. The largest absolute Gasteiger partial charge is 0.452 e. The third-order valence-electron chi connectivity index (χ3n) is 3.46. The highest BCUT2D eigenvalue weighted by molar-refractivity contribution is 5.90. The van der Waals surface area contributed by atoms with Crippen molar-refractivity contribution in [1.29, 1.82) is 0 Å². The molecule has 0 aromatic carbocycles. The molecule has 5 heteroatoms. The molecule has 0 saturated carbocycles. The third-order valence-corrected chi connectivity index (χ3v) is 3.46. The quantitative estimate of drug-likeness (QED) is 0.729. The molecule has 0 radical (unpaired) electrons. The first-order chi connectivity index (χ1) is 8.58.